The zero-order valence-corrected chi connectivity index (χ0v) is 11.1. The van der Waals surface area contributed by atoms with Crippen molar-refractivity contribution in [2.45, 2.75) is 40.5 Å². The molecule has 0 aromatic carbocycles. The first-order chi connectivity index (χ1) is 8.15. The largest absolute Gasteiger partial charge is 0.361 e. The molecule has 1 aliphatic rings. The van der Waals surface area contributed by atoms with Crippen molar-refractivity contribution in [1.82, 2.24) is 4.98 Å². The molecule has 0 amide bonds. The third-order valence-corrected chi connectivity index (χ3v) is 3.36. The first-order valence-electron chi connectivity index (χ1n) is 6.30. The summed E-state index contributed by atoms with van der Waals surface area (Å²) < 4.78 is 0. The lowest BCUT2D eigenvalue weighted by Crippen LogP contribution is -1.84. The monoisotopic (exact) mass is 228 g/mol. The molecule has 90 valence electrons. The van der Waals surface area contributed by atoms with Crippen molar-refractivity contribution in [2.75, 3.05) is 0 Å². The van der Waals surface area contributed by atoms with Crippen LogP contribution in [0.2, 0.25) is 0 Å². The highest BCUT2D eigenvalue weighted by Crippen LogP contribution is 2.24. The Morgan fingerprint density at radius 1 is 1.24 bits per heavy atom. The molecule has 1 aromatic rings. The maximum Gasteiger partial charge on any atom is 0.0683 e. The topological polar surface area (TPSA) is 28.1 Å². The van der Waals surface area contributed by atoms with Crippen LogP contribution in [0, 0.1) is 6.92 Å². The van der Waals surface area contributed by atoms with Gasteiger partial charge in [0.15, 0.2) is 0 Å². The van der Waals surface area contributed by atoms with Crippen LogP contribution in [0.3, 0.4) is 0 Å². The fourth-order valence-corrected chi connectivity index (χ4v) is 2.13. The summed E-state index contributed by atoms with van der Waals surface area (Å²) in [5, 5.41) is 0. The lowest BCUT2D eigenvalue weighted by Gasteiger charge is -1.98. The molecule has 0 saturated heterocycles. The average molecular weight is 228 g/mol. The number of hydrogen-bond donors (Lipinski definition) is 1. The van der Waals surface area contributed by atoms with Crippen molar-refractivity contribution >= 4 is 11.8 Å². The third-order valence-electron chi connectivity index (χ3n) is 3.36. The maximum atomic E-state index is 4.62. The molecule has 0 aliphatic carbocycles. The number of aromatic amines is 1. The first kappa shape index (κ1) is 11.9. The molecule has 0 unspecified atom stereocenters. The van der Waals surface area contributed by atoms with Crippen molar-refractivity contribution in [3.05, 3.63) is 40.4 Å². The SMILES string of the molecule is CCC1=NC(=Cc2[nH]cc(CC)c2C)C(C)=C1. The van der Waals surface area contributed by atoms with Crippen molar-refractivity contribution < 1.29 is 0 Å². The Morgan fingerprint density at radius 3 is 2.53 bits per heavy atom. The Kier molecular flexibility index (Phi) is 3.32. The zero-order chi connectivity index (χ0) is 12.4. The predicted molar refractivity (Wildman–Crippen MR) is 74.4 cm³/mol. The van der Waals surface area contributed by atoms with E-state index in [0.29, 0.717) is 0 Å². The summed E-state index contributed by atoms with van der Waals surface area (Å²) in [5.74, 6) is 0. The summed E-state index contributed by atoms with van der Waals surface area (Å²) >= 11 is 0. The van der Waals surface area contributed by atoms with Gasteiger partial charge in [-0.05, 0) is 55.5 Å². The Hall–Kier alpha value is -1.57. The fourth-order valence-electron chi connectivity index (χ4n) is 2.13. The lowest BCUT2D eigenvalue weighted by atomic mass is 10.1. The average Bonchev–Trinajstić information content (AvgIpc) is 2.85. The van der Waals surface area contributed by atoms with Gasteiger partial charge in [-0.25, -0.2) is 0 Å². The number of aromatic nitrogens is 1. The van der Waals surface area contributed by atoms with E-state index in [9.17, 15) is 0 Å². The second kappa shape index (κ2) is 4.74. The summed E-state index contributed by atoms with van der Waals surface area (Å²) in [7, 11) is 0. The van der Waals surface area contributed by atoms with Crippen LogP contribution in [0.25, 0.3) is 6.08 Å². The Labute approximate surface area is 103 Å². The van der Waals surface area contributed by atoms with Gasteiger partial charge in [0.2, 0.25) is 0 Å². The van der Waals surface area contributed by atoms with Gasteiger partial charge < -0.3 is 4.98 Å². The highest BCUT2D eigenvalue weighted by atomic mass is 14.8. The van der Waals surface area contributed by atoms with E-state index in [-0.39, 0.29) is 0 Å². The number of allylic oxidation sites excluding steroid dienone is 2. The Bertz CT molecular complexity index is 513. The lowest BCUT2D eigenvalue weighted by molar-refractivity contribution is 1.12. The van der Waals surface area contributed by atoms with Crippen LogP contribution in [-0.2, 0) is 6.42 Å². The van der Waals surface area contributed by atoms with Gasteiger partial charge in [0, 0.05) is 17.6 Å². The number of aryl methyl sites for hydroxylation is 1. The number of rotatable bonds is 3. The molecule has 17 heavy (non-hydrogen) atoms. The normalized spacial score (nSPS) is 17.5. The summed E-state index contributed by atoms with van der Waals surface area (Å²) in [6.45, 7) is 8.61. The molecule has 1 aliphatic heterocycles. The van der Waals surface area contributed by atoms with Gasteiger partial charge in [-0.3, -0.25) is 4.99 Å². The van der Waals surface area contributed by atoms with Crippen molar-refractivity contribution in [3.63, 3.8) is 0 Å². The van der Waals surface area contributed by atoms with E-state index in [1.54, 1.807) is 0 Å². The van der Waals surface area contributed by atoms with E-state index < -0.39 is 0 Å². The molecule has 0 radical (unpaired) electrons. The molecule has 0 saturated carbocycles. The van der Waals surface area contributed by atoms with E-state index in [0.717, 1.165) is 18.5 Å². The van der Waals surface area contributed by atoms with Gasteiger partial charge in [-0.2, -0.15) is 0 Å². The molecule has 2 heterocycles. The second-order valence-electron chi connectivity index (χ2n) is 4.52. The smallest absolute Gasteiger partial charge is 0.0683 e. The number of H-pyrrole nitrogens is 1. The third kappa shape index (κ3) is 2.26. The number of aliphatic imine (C=N–C) groups is 1. The van der Waals surface area contributed by atoms with E-state index >= 15 is 0 Å². The number of nitrogens with zero attached hydrogens (tertiary/aromatic N) is 1. The number of hydrogen-bond acceptors (Lipinski definition) is 1. The summed E-state index contributed by atoms with van der Waals surface area (Å²) in [5.41, 5.74) is 7.44. The van der Waals surface area contributed by atoms with E-state index in [4.69, 9.17) is 0 Å². The van der Waals surface area contributed by atoms with Crippen LogP contribution in [0.15, 0.2) is 28.5 Å². The van der Waals surface area contributed by atoms with Gasteiger partial charge in [-0.1, -0.05) is 13.8 Å². The molecule has 0 spiro atoms. The van der Waals surface area contributed by atoms with E-state index in [1.807, 2.05) is 0 Å². The summed E-state index contributed by atoms with van der Waals surface area (Å²) in [6, 6.07) is 0. The highest BCUT2D eigenvalue weighted by molar-refractivity contribution is 6.00. The minimum atomic E-state index is 0.999. The van der Waals surface area contributed by atoms with Crippen LogP contribution in [-0.4, -0.2) is 10.7 Å². The Morgan fingerprint density at radius 2 is 2.00 bits per heavy atom. The second-order valence-corrected chi connectivity index (χ2v) is 4.52. The van der Waals surface area contributed by atoms with Crippen LogP contribution >= 0.6 is 0 Å². The van der Waals surface area contributed by atoms with Crippen LogP contribution < -0.4 is 0 Å². The quantitative estimate of drug-likeness (QED) is 0.809. The number of nitrogens with one attached hydrogen (secondary N) is 1. The van der Waals surface area contributed by atoms with Gasteiger partial charge in [0.05, 0.1) is 5.70 Å². The molecule has 1 N–H and O–H groups in total. The minimum Gasteiger partial charge on any atom is -0.361 e. The van der Waals surface area contributed by atoms with Crippen LogP contribution in [0.4, 0.5) is 0 Å². The zero-order valence-electron chi connectivity index (χ0n) is 11.1. The van der Waals surface area contributed by atoms with E-state index in [2.05, 4.69) is 56.0 Å². The molecule has 2 nitrogen and oxygen atoms in total. The van der Waals surface area contributed by atoms with Gasteiger partial charge in [-0.15, -0.1) is 0 Å². The molecule has 0 fully saturated rings. The Balaban J connectivity index is 2.34. The molecular weight excluding hydrogens is 208 g/mol. The summed E-state index contributed by atoms with van der Waals surface area (Å²) in [6.07, 6.45) is 8.50. The highest BCUT2D eigenvalue weighted by Gasteiger charge is 2.10. The van der Waals surface area contributed by atoms with Crippen LogP contribution in [0.5, 0.6) is 0 Å². The van der Waals surface area contributed by atoms with Crippen LogP contribution in [0.1, 0.15) is 44.0 Å². The standard InChI is InChI=1S/C15H20N2/c1-5-12-9-16-15(11(12)4)8-14-10(3)7-13(6-2)17-14/h7-9,16H,5-6H2,1-4H3. The van der Waals surface area contributed by atoms with Gasteiger partial charge in [0.25, 0.3) is 0 Å². The van der Waals surface area contributed by atoms with Crippen molar-refractivity contribution in [1.29, 1.82) is 0 Å². The molecule has 0 atom stereocenters. The van der Waals surface area contributed by atoms with Crippen molar-refractivity contribution in [2.24, 2.45) is 4.99 Å². The molecule has 1 aromatic heterocycles. The fraction of sp³-hybridized carbons (Fsp3) is 0.400. The molecule has 2 rings (SSSR count). The van der Waals surface area contributed by atoms with Crippen molar-refractivity contribution in [3.8, 4) is 0 Å². The minimum absolute atomic E-state index is 0.999. The predicted octanol–water partition coefficient (Wildman–Crippen LogP) is 4.04. The van der Waals surface area contributed by atoms with Gasteiger partial charge in [0.1, 0.15) is 0 Å². The summed E-state index contributed by atoms with van der Waals surface area (Å²) in [4.78, 5) is 7.96. The van der Waals surface area contributed by atoms with Gasteiger partial charge >= 0.3 is 0 Å². The molecular formula is C15H20N2. The maximum absolute atomic E-state index is 4.62. The first-order valence-corrected chi connectivity index (χ1v) is 6.30. The van der Waals surface area contributed by atoms with E-state index in [1.165, 1.54) is 28.1 Å². The molecule has 2 heteroatoms. The molecule has 0 bridgehead atoms.